The quantitative estimate of drug-likeness (QED) is 0.772. The molecule has 0 saturated carbocycles. The molecule has 1 heterocycles. The van der Waals surface area contributed by atoms with Crippen LogP contribution in [0, 0.1) is 0 Å². The van der Waals surface area contributed by atoms with Crippen molar-refractivity contribution in [2.24, 2.45) is 0 Å². The highest BCUT2D eigenvalue weighted by atomic mass is 32.1. The van der Waals surface area contributed by atoms with Gasteiger partial charge in [-0.1, -0.05) is 24.3 Å². The summed E-state index contributed by atoms with van der Waals surface area (Å²) in [5.74, 6) is 0. The van der Waals surface area contributed by atoms with Crippen LogP contribution in [0.15, 0.2) is 35.7 Å². The van der Waals surface area contributed by atoms with Crippen LogP contribution in [0.4, 0.5) is 0 Å². The van der Waals surface area contributed by atoms with Crippen molar-refractivity contribution in [3.05, 3.63) is 41.3 Å². The van der Waals surface area contributed by atoms with Gasteiger partial charge in [-0.25, -0.2) is 0 Å². The normalized spacial score (nSPS) is 11.5. The predicted molar refractivity (Wildman–Crippen MR) is 57.9 cm³/mol. The van der Waals surface area contributed by atoms with Gasteiger partial charge in [0.2, 0.25) is 0 Å². The third-order valence-electron chi connectivity index (χ3n) is 1.90. The van der Waals surface area contributed by atoms with Gasteiger partial charge in [0.25, 0.3) is 0 Å². The van der Waals surface area contributed by atoms with Crippen molar-refractivity contribution in [3.63, 3.8) is 0 Å². The molecule has 66 valence electrons. The molecule has 0 aliphatic heterocycles. The Labute approximate surface area is 81.0 Å². The van der Waals surface area contributed by atoms with Crippen LogP contribution in [0.3, 0.4) is 0 Å². The highest BCUT2D eigenvalue weighted by Crippen LogP contribution is 2.22. The molecule has 0 aliphatic carbocycles. The van der Waals surface area contributed by atoms with E-state index in [2.05, 4.69) is 29.6 Å². The van der Waals surface area contributed by atoms with Crippen LogP contribution in [0.2, 0.25) is 0 Å². The topological polar surface area (TPSA) is 20.2 Å². The van der Waals surface area contributed by atoms with E-state index in [0.29, 0.717) is 0 Å². The molecular weight excluding hydrogens is 180 g/mol. The predicted octanol–water partition coefficient (Wildman–Crippen LogP) is 2.91. The molecule has 1 N–H and O–H groups in total. The van der Waals surface area contributed by atoms with Crippen molar-refractivity contribution in [1.29, 1.82) is 0 Å². The minimum Gasteiger partial charge on any atom is -0.392 e. The molecule has 2 heteroatoms. The summed E-state index contributed by atoms with van der Waals surface area (Å²) in [6.07, 6.45) is 3.67. The summed E-state index contributed by atoms with van der Waals surface area (Å²) < 4.78 is 1.29. The molecule has 0 aliphatic rings. The molecule has 0 amide bonds. The van der Waals surface area contributed by atoms with Crippen LogP contribution in [-0.4, -0.2) is 11.7 Å². The zero-order valence-electron chi connectivity index (χ0n) is 7.10. The monoisotopic (exact) mass is 190 g/mol. The number of hydrogen-bond acceptors (Lipinski definition) is 2. The number of hydrogen-bond donors (Lipinski definition) is 1. The Kier molecular flexibility index (Phi) is 2.43. The maximum absolute atomic E-state index is 8.62. The Morgan fingerprint density at radius 1 is 1.31 bits per heavy atom. The van der Waals surface area contributed by atoms with Crippen LogP contribution in [0.5, 0.6) is 0 Å². The Morgan fingerprint density at radius 3 is 3.08 bits per heavy atom. The van der Waals surface area contributed by atoms with E-state index in [1.54, 1.807) is 17.4 Å². The number of aliphatic hydroxyl groups is 1. The van der Waals surface area contributed by atoms with E-state index in [9.17, 15) is 0 Å². The van der Waals surface area contributed by atoms with Crippen LogP contribution in [-0.2, 0) is 0 Å². The first kappa shape index (κ1) is 8.48. The first-order valence-electron chi connectivity index (χ1n) is 4.15. The van der Waals surface area contributed by atoms with E-state index in [1.165, 1.54) is 10.1 Å². The van der Waals surface area contributed by atoms with Crippen molar-refractivity contribution in [2.75, 3.05) is 6.61 Å². The summed E-state index contributed by atoms with van der Waals surface area (Å²) in [4.78, 5) is 0. The molecule has 1 aromatic carbocycles. The molecule has 0 spiro atoms. The molecular formula is C11H10OS. The van der Waals surface area contributed by atoms with Crippen LogP contribution in [0.1, 0.15) is 5.56 Å². The third kappa shape index (κ3) is 1.79. The largest absolute Gasteiger partial charge is 0.392 e. The fourth-order valence-electron chi connectivity index (χ4n) is 1.26. The van der Waals surface area contributed by atoms with Crippen LogP contribution in [0.25, 0.3) is 16.2 Å². The van der Waals surface area contributed by atoms with Gasteiger partial charge < -0.3 is 5.11 Å². The first-order valence-corrected chi connectivity index (χ1v) is 5.03. The molecule has 1 aromatic heterocycles. The van der Waals surface area contributed by atoms with Gasteiger partial charge in [0.05, 0.1) is 6.61 Å². The van der Waals surface area contributed by atoms with Gasteiger partial charge >= 0.3 is 0 Å². The number of aliphatic hydroxyl groups excluding tert-OH is 1. The van der Waals surface area contributed by atoms with Gasteiger partial charge in [0.15, 0.2) is 0 Å². The Balaban J connectivity index is 2.42. The lowest BCUT2D eigenvalue weighted by Gasteiger charge is -1.93. The van der Waals surface area contributed by atoms with Crippen molar-refractivity contribution in [3.8, 4) is 0 Å². The molecule has 1 nitrogen and oxygen atoms in total. The SMILES string of the molecule is OCC=Cc1ccc2ccsc2c1. The summed E-state index contributed by atoms with van der Waals surface area (Å²) in [5.41, 5.74) is 1.14. The Bertz CT molecular complexity index is 428. The molecule has 2 rings (SSSR count). The van der Waals surface area contributed by atoms with Gasteiger partial charge in [-0.3, -0.25) is 0 Å². The Hall–Kier alpha value is -1.12. The minimum atomic E-state index is 0.0997. The number of benzene rings is 1. The van der Waals surface area contributed by atoms with Crippen molar-refractivity contribution >= 4 is 27.5 Å². The van der Waals surface area contributed by atoms with Crippen molar-refractivity contribution in [2.45, 2.75) is 0 Å². The molecule has 2 aromatic rings. The molecule has 0 fully saturated rings. The first-order chi connectivity index (χ1) is 6.40. The van der Waals surface area contributed by atoms with E-state index in [0.717, 1.165) is 5.56 Å². The zero-order chi connectivity index (χ0) is 9.10. The average Bonchev–Trinajstić information content (AvgIpc) is 2.61. The second kappa shape index (κ2) is 3.73. The zero-order valence-corrected chi connectivity index (χ0v) is 7.92. The standard InChI is InChI=1S/C11H10OS/c12-6-1-2-9-3-4-10-5-7-13-11(10)8-9/h1-5,7-8,12H,6H2. The molecule has 13 heavy (non-hydrogen) atoms. The lowest BCUT2D eigenvalue weighted by Crippen LogP contribution is -1.73. The van der Waals surface area contributed by atoms with Crippen LogP contribution < -0.4 is 0 Å². The lowest BCUT2D eigenvalue weighted by molar-refractivity contribution is 0.343. The van der Waals surface area contributed by atoms with Gasteiger partial charge in [-0.05, 0) is 28.5 Å². The summed E-state index contributed by atoms with van der Waals surface area (Å²) in [5, 5.41) is 12.0. The highest BCUT2D eigenvalue weighted by molar-refractivity contribution is 7.17. The summed E-state index contributed by atoms with van der Waals surface area (Å²) in [6.45, 7) is 0.0997. The highest BCUT2D eigenvalue weighted by Gasteiger charge is 1.93. The lowest BCUT2D eigenvalue weighted by atomic mass is 10.2. The van der Waals surface area contributed by atoms with E-state index < -0.39 is 0 Å². The Morgan fingerprint density at radius 2 is 2.23 bits per heavy atom. The molecule has 0 unspecified atom stereocenters. The maximum atomic E-state index is 8.62. The summed E-state index contributed by atoms with van der Waals surface area (Å²) in [6, 6.07) is 8.40. The second-order valence-corrected chi connectivity index (χ2v) is 3.75. The van der Waals surface area contributed by atoms with Crippen molar-refractivity contribution in [1.82, 2.24) is 0 Å². The smallest absolute Gasteiger partial charge is 0.0615 e. The number of thiophene rings is 1. The molecule has 0 bridgehead atoms. The van der Waals surface area contributed by atoms with Crippen molar-refractivity contribution < 1.29 is 5.11 Å². The number of fused-ring (bicyclic) bond motifs is 1. The van der Waals surface area contributed by atoms with E-state index in [1.807, 2.05) is 6.08 Å². The van der Waals surface area contributed by atoms with E-state index in [4.69, 9.17) is 5.11 Å². The molecule has 0 radical (unpaired) electrons. The average molecular weight is 190 g/mol. The second-order valence-electron chi connectivity index (χ2n) is 2.80. The van der Waals surface area contributed by atoms with Crippen LogP contribution >= 0.6 is 11.3 Å². The van der Waals surface area contributed by atoms with E-state index in [-0.39, 0.29) is 6.61 Å². The van der Waals surface area contributed by atoms with Gasteiger partial charge in [0, 0.05) is 4.70 Å². The minimum absolute atomic E-state index is 0.0997. The van der Waals surface area contributed by atoms with Gasteiger partial charge in [-0.2, -0.15) is 0 Å². The van der Waals surface area contributed by atoms with Gasteiger partial charge in [0.1, 0.15) is 0 Å². The summed E-state index contributed by atoms with van der Waals surface area (Å²) in [7, 11) is 0. The number of rotatable bonds is 2. The fraction of sp³-hybridized carbons (Fsp3) is 0.0909. The van der Waals surface area contributed by atoms with E-state index >= 15 is 0 Å². The van der Waals surface area contributed by atoms with Gasteiger partial charge in [-0.15, -0.1) is 11.3 Å². The summed E-state index contributed by atoms with van der Waals surface area (Å²) >= 11 is 1.74. The molecule has 0 saturated heterocycles. The molecule has 0 atom stereocenters. The third-order valence-corrected chi connectivity index (χ3v) is 2.78. The maximum Gasteiger partial charge on any atom is 0.0615 e. The fourth-order valence-corrected chi connectivity index (χ4v) is 2.10.